The summed E-state index contributed by atoms with van der Waals surface area (Å²) in [6, 6.07) is 2.29. The molecule has 2 fully saturated rings. The summed E-state index contributed by atoms with van der Waals surface area (Å²) in [7, 11) is 0. The maximum atomic E-state index is 11.9. The van der Waals surface area contributed by atoms with Crippen LogP contribution in [-0.2, 0) is 4.79 Å². The first-order valence-corrected chi connectivity index (χ1v) is 5.72. The van der Waals surface area contributed by atoms with Gasteiger partial charge in [0.2, 0.25) is 5.91 Å². The Morgan fingerprint density at radius 2 is 1.93 bits per heavy atom. The second-order valence-electron chi connectivity index (χ2n) is 5.64. The Labute approximate surface area is 90.8 Å². The molecule has 82 valence electrons. The molecule has 0 saturated heterocycles. The van der Waals surface area contributed by atoms with E-state index in [1.165, 1.54) is 0 Å². The molecule has 1 atom stereocenters. The lowest BCUT2D eigenvalue weighted by molar-refractivity contribution is -0.124. The molecule has 15 heavy (non-hydrogen) atoms. The van der Waals surface area contributed by atoms with Crippen molar-refractivity contribution < 1.29 is 4.79 Å². The zero-order valence-electron chi connectivity index (χ0n) is 9.47. The minimum absolute atomic E-state index is 0.0865. The molecule has 0 aromatic rings. The number of rotatable bonds is 2. The van der Waals surface area contributed by atoms with Gasteiger partial charge in [-0.05, 0) is 37.5 Å². The van der Waals surface area contributed by atoms with Gasteiger partial charge < -0.3 is 5.32 Å². The Bertz CT molecular complexity index is 321. The number of hydrogen-bond donors (Lipinski definition) is 1. The third kappa shape index (κ3) is 1.86. The van der Waals surface area contributed by atoms with Crippen molar-refractivity contribution in [1.29, 1.82) is 5.26 Å². The van der Waals surface area contributed by atoms with Crippen LogP contribution in [0.2, 0.25) is 0 Å². The van der Waals surface area contributed by atoms with Crippen LogP contribution in [0.3, 0.4) is 0 Å². The lowest BCUT2D eigenvalue weighted by Crippen LogP contribution is -2.46. The Hall–Kier alpha value is -1.04. The summed E-state index contributed by atoms with van der Waals surface area (Å²) in [5.74, 6) is 0.215. The summed E-state index contributed by atoms with van der Waals surface area (Å²) in [4.78, 5) is 11.9. The molecule has 2 saturated carbocycles. The maximum absolute atomic E-state index is 11.9. The molecule has 0 bridgehead atoms. The van der Waals surface area contributed by atoms with Crippen molar-refractivity contribution in [2.24, 2.45) is 11.3 Å². The van der Waals surface area contributed by atoms with E-state index in [9.17, 15) is 4.79 Å². The van der Waals surface area contributed by atoms with Crippen molar-refractivity contribution >= 4 is 5.91 Å². The Balaban J connectivity index is 1.97. The average molecular weight is 206 g/mol. The molecule has 0 aromatic carbocycles. The Kier molecular flexibility index (Phi) is 2.26. The monoisotopic (exact) mass is 206 g/mol. The molecular weight excluding hydrogens is 188 g/mol. The van der Waals surface area contributed by atoms with E-state index in [2.05, 4.69) is 25.2 Å². The molecule has 1 amide bonds. The van der Waals surface area contributed by atoms with E-state index in [-0.39, 0.29) is 17.2 Å². The molecule has 1 N–H and O–H groups in total. The van der Waals surface area contributed by atoms with E-state index in [0.717, 1.165) is 32.1 Å². The lowest BCUT2D eigenvalue weighted by atomic mass is 9.99. The van der Waals surface area contributed by atoms with E-state index >= 15 is 0 Å². The number of amides is 1. The van der Waals surface area contributed by atoms with Gasteiger partial charge in [0.1, 0.15) is 5.54 Å². The van der Waals surface area contributed by atoms with Gasteiger partial charge in [0.25, 0.3) is 0 Å². The summed E-state index contributed by atoms with van der Waals surface area (Å²) in [5, 5.41) is 12.1. The highest BCUT2D eigenvalue weighted by atomic mass is 16.2. The number of nitriles is 1. The van der Waals surface area contributed by atoms with Gasteiger partial charge in [0, 0.05) is 5.92 Å². The Morgan fingerprint density at radius 1 is 1.40 bits per heavy atom. The smallest absolute Gasteiger partial charge is 0.224 e. The number of nitrogens with zero attached hydrogens (tertiary/aromatic N) is 1. The molecule has 0 aromatic heterocycles. The quantitative estimate of drug-likeness (QED) is 0.751. The standard InChI is InChI=1S/C12H18N2O/c1-11(2)7-9(11)10(15)14-12(8-13)5-3-4-6-12/h9H,3-7H2,1-2H3,(H,14,15). The fourth-order valence-electron chi connectivity index (χ4n) is 2.48. The zero-order valence-corrected chi connectivity index (χ0v) is 9.47. The van der Waals surface area contributed by atoms with Crippen LogP contribution in [0.25, 0.3) is 0 Å². The van der Waals surface area contributed by atoms with Crippen LogP contribution in [0.5, 0.6) is 0 Å². The van der Waals surface area contributed by atoms with E-state index < -0.39 is 5.54 Å². The van der Waals surface area contributed by atoms with Crippen LogP contribution in [-0.4, -0.2) is 11.4 Å². The van der Waals surface area contributed by atoms with Crippen molar-refractivity contribution in [3.63, 3.8) is 0 Å². The molecule has 2 rings (SSSR count). The fourth-order valence-corrected chi connectivity index (χ4v) is 2.48. The highest BCUT2D eigenvalue weighted by Gasteiger charge is 2.52. The third-order valence-electron chi connectivity index (χ3n) is 3.86. The number of carbonyl (C=O) groups excluding carboxylic acids is 1. The van der Waals surface area contributed by atoms with Gasteiger partial charge in [-0.25, -0.2) is 0 Å². The van der Waals surface area contributed by atoms with Crippen molar-refractivity contribution in [2.45, 2.75) is 51.5 Å². The first-order chi connectivity index (χ1) is 6.99. The number of nitrogens with one attached hydrogen (secondary N) is 1. The van der Waals surface area contributed by atoms with Gasteiger partial charge in [0.05, 0.1) is 6.07 Å². The number of hydrogen-bond acceptors (Lipinski definition) is 2. The largest absolute Gasteiger partial charge is 0.338 e. The molecule has 1 unspecified atom stereocenters. The number of carbonyl (C=O) groups is 1. The van der Waals surface area contributed by atoms with Gasteiger partial charge in [-0.3, -0.25) is 4.79 Å². The normalized spacial score (nSPS) is 30.6. The van der Waals surface area contributed by atoms with Crippen molar-refractivity contribution in [1.82, 2.24) is 5.32 Å². The highest BCUT2D eigenvalue weighted by Crippen LogP contribution is 2.52. The van der Waals surface area contributed by atoms with Crippen molar-refractivity contribution in [3.8, 4) is 6.07 Å². The summed E-state index contributed by atoms with van der Waals surface area (Å²) in [5.41, 5.74) is -0.394. The molecule has 0 spiro atoms. The van der Waals surface area contributed by atoms with Gasteiger partial charge in [-0.1, -0.05) is 13.8 Å². The van der Waals surface area contributed by atoms with Gasteiger partial charge in [-0.15, -0.1) is 0 Å². The summed E-state index contributed by atoms with van der Waals surface area (Å²) in [6.07, 6.45) is 4.72. The molecule has 3 heteroatoms. The summed E-state index contributed by atoms with van der Waals surface area (Å²) < 4.78 is 0. The second kappa shape index (κ2) is 3.23. The minimum atomic E-state index is -0.546. The topological polar surface area (TPSA) is 52.9 Å². The predicted molar refractivity (Wildman–Crippen MR) is 56.8 cm³/mol. The van der Waals surface area contributed by atoms with E-state index in [0.29, 0.717) is 0 Å². The molecule has 0 radical (unpaired) electrons. The van der Waals surface area contributed by atoms with Crippen LogP contribution in [0, 0.1) is 22.7 Å². The molecule has 3 nitrogen and oxygen atoms in total. The van der Waals surface area contributed by atoms with Gasteiger partial charge in [-0.2, -0.15) is 5.26 Å². The third-order valence-corrected chi connectivity index (χ3v) is 3.86. The van der Waals surface area contributed by atoms with Crippen LogP contribution < -0.4 is 5.32 Å². The highest BCUT2D eigenvalue weighted by molar-refractivity contribution is 5.83. The molecule has 0 heterocycles. The van der Waals surface area contributed by atoms with Crippen LogP contribution in [0.1, 0.15) is 46.0 Å². The van der Waals surface area contributed by atoms with Crippen LogP contribution >= 0.6 is 0 Å². The molecular formula is C12H18N2O. The minimum Gasteiger partial charge on any atom is -0.338 e. The van der Waals surface area contributed by atoms with Gasteiger partial charge in [0.15, 0.2) is 0 Å². The first-order valence-electron chi connectivity index (χ1n) is 5.72. The summed E-state index contributed by atoms with van der Waals surface area (Å²) in [6.45, 7) is 4.20. The van der Waals surface area contributed by atoms with Gasteiger partial charge >= 0.3 is 0 Å². The average Bonchev–Trinajstić information content (AvgIpc) is 2.64. The SMILES string of the molecule is CC1(C)CC1C(=O)NC1(C#N)CCCC1. The predicted octanol–water partition coefficient (Wildman–Crippen LogP) is 1.99. The van der Waals surface area contributed by atoms with Crippen LogP contribution in [0.15, 0.2) is 0 Å². The fraction of sp³-hybridized carbons (Fsp3) is 0.833. The lowest BCUT2D eigenvalue weighted by Gasteiger charge is -2.22. The van der Waals surface area contributed by atoms with E-state index in [1.54, 1.807) is 0 Å². The molecule has 2 aliphatic rings. The van der Waals surface area contributed by atoms with E-state index in [4.69, 9.17) is 5.26 Å². The van der Waals surface area contributed by atoms with Crippen molar-refractivity contribution in [3.05, 3.63) is 0 Å². The maximum Gasteiger partial charge on any atom is 0.224 e. The van der Waals surface area contributed by atoms with E-state index in [1.807, 2.05) is 0 Å². The summed E-state index contributed by atoms with van der Waals surface area (Å²) >= 11 is 0. The molecule has 0 aliphatic heterocycles. The van der Waals surface area contributed by atoms with Crippen molar-refractivity contribution in [2.75, 3.05) is 0 Å². The first kappa shape index (κ1) is 10.5. The zero-order chi connectivity index (χ0) is 11.1. The Morgan fingerprint density at radius 3 is 2.33 bits per heavy atom. The second-order valence-corrected chi connectivity index (χ2v) is 5.64. The molecule has 2 aliphatic carbocycles. The van der Waals surface area contributed by atoms with Crippen LogP contribution in [0.4, 0.5) is 0 Å².